The summed E-state index contributed by atoms with van der Waals surface area (Å²) in [6.45, 7) is 0.693. The summed E-state index contributed by atoms with van der Waals surface area (Å²) in [7, 11) is 0. The Morgan fingerprint density at radius 3 is 3.08 bits per heavy atom. The minimum absolute atomic E-state index is 0.0259. The second-order valence-electron chi connectivity index (χ2n) is 1.86. The second-order valence-corrected chi connectivity index (χ2v) is 2.83. The van der Waals surface area contributed by atoms with Crippen LogP contribution in [0.4, 0.5) is 5.00 Å². The number of nitrogens with two attached hydrogens (primary N) is 1. The van der Waals surface area contributed by atoms with E-state index in [-0.39, 0.29) is 10.2 Å². The van der Waals surface area contributed by atoms with Gasteiger partial charge in [-0.15, -0.1) is 0 Å². The van der Waals surface area contributed by atoms with E-state index < -0.39 is 4.92 Å². The van der Waals surface area contributed by atoms with Gasteiger partial charge in [0.05, 0.1) is 4.92 Å². The molecule has 66 valence electrons. The van der Waals surface area contributed by atoms with Crippen LogP contribution in [0.3, 0.4) is 0 Å². The molecule has 12 heavy (non-hydrogen) atoms. The van der Waals surface area contributed by atoms with Crippen molar-refractivity contribution in [3.05, 3.63) is 16.3 Å². The van der Waals surface area contributed by atoms with E-state index in [1.165, 1.54) is 0 Å². The third-order valence-corrected chi connectivity index (χ3v) is 1.86. The molecule has 0 aliphatic heterocycles. The van der Waals surface area contributed by atoms with Crippen molar-refractivity contribution in [2.45, 2.75) is 0 Å². The third-order valence-electron chi connectivity index (χ3n) is 0.996. The van der Waals surface area contributed by atoms with E-state index in [9.17, 15) is 10.1 Å². The molecule has 0 bridgehead atoms. The first kappa shape index (κ1) is 8.88. The van der Waals surface area contributed by atoms with Gasteiger partial charge in [-0.2, -0.15) is 0 Å². The lowest BCUT2D eigenvalue weighted by Crippen LogP contribution is -2.10. The monoisotopic (exact) mass is 189 g/mol. The highest BCUT2D eigenvalue weighted by atomic mass is 32.1. The lowest BCUT2D eigenvalue weighted by molar-refractivity contribution is -0.380. The number of ether oxygens (including phenoxy) is 1. The quantitative estimate of drug-likeness (QED) is 0.546. The molecular formula is C5H7N3O3S. The number of nitrogens with zero attached hydrogens (tertiary/aromatic N) is 2. The van der Waals surface area contributed by atoms with Gasteiger partial charge in [-0.25, -0.2) is 4.98 Å². The first-order chi connectivity index (χ1) is 5.74. The van der Waals surface area contributed by atoms with E-state index in [0.717, 1.165) is 17.5 Å². The van der Waals surface area contributed by atoms with Crippen molar-refractivity contribution in [1.82, 2.24) is 4.98 Å². The largest absolute Gasteiger partial charge is 0.469 e. The fourth-order valence-corrected chi connectivity index (χ4v) is 1.15. The molecule has 0 aromatic carbocycles. The van der Waals surface area contributed by atoms with Gasteiger partial charge in [-0.1, -0.05) is 0 Å². The number of hydrogen-bond acceptors (Lipinski definition) is 6. The van der Waals surface area contributed by atoms with Crippen molar-refractivity contribution >= 4 is 16.3 Å². The molecular weight excluding hydrogens is 182 g/mol. The van der Waals surface area contributed by atoms with E-state index in [4.69, 9.17) is 10.5 Å². The predicted octanol–water partition coefficient (Wildman–Crippen LogP) is 0.389. The van der Waals surface area contributed by atoms with Gasteiger partial charge in [0.15, 0.2) is 0 Å². The third kappa shape index (κ3) is 2.14. The highest BCUT2D eigenvalue weighted by molar-refractivity contribution is 7.16. The molecule has 6 nitrogen and oxygen atoms in total. The summed E-state index contributed by atoms with van der Waals surface area (Å²) in [5.41, 5.74) is 5.16. The number of nitro groups is 1. The first-order valence-electron chi connectivity index (χ1n) is 3.17. The van der Waals surface area contributed by atoms with E-state index >= 15 is 0 Å². The maximum Gasteiger partial charge on any atom is 0.347 e. The van der Waals surface area contributed by atoms with Crippen molar-refractivity contribution in [3.8, 4) is 5.19 Å². The van der Waals surface area contributed by atoms with E-state index in [2.05, 4.69) is 4.98 Å². The highest BCUT2D eigenvalue weighted by Crippen LogP contribution is 2.26. The Hall–Kier alpha value is -1.21. The fourth-order valence-electron chi connectivity index (χ4n) is 0.547. The normalized spacial score (nSPS) is 9.75. The highest BCUT2D eigenvalue weighted by Gasteiger charge is 2.11. The van der Waals surface area contributed by atoms with Crippen molar-refractivity contribution < 1.29 is 9.66 Å². The van der Waals surface area contributed by atoms with Crippen LogP contribution in [0.25, 0.3) is 0 Å². The van der Waals surface area contributed by atoms with E-state index in [1.54, 1.807) is 0 Å². The number of thiazole rings is 1. The lowest BCUT2D eigenvalue weighted by atomic mass is 10.7. The number of aromatic nitrogens is 1. The fraction of sp³-hybridized carbons (Fsp3) is 0.400. The molecule has 2 N–H and O–H groups in total. The van der Waals surface area contributed by atoms with Crippen LogP contribution in [0.15, 0.2) is 6.20 Å². The van der Waals surface area contributed by atoms with Gasteiger partial charge in [0.2, 0.25) is 0 Å². The second kappa shape index (κ2) is 3.98. The molecule has 0 aliphatic rings. The van der Waals surface area contributed by atoms with Crippen molar-refractivity contribution in [2.24, 2.45) is 5.73 Å². The molecule has 0 atom stereocenters. The van der Waals surface area contributed by atoms with Gasteiger partial charge in [0.1, 0.15) is 12.8 Å². The topological polar surface area (TPSA) is 91.3 Å². The SMILES string of the molecule is NCCOc1ncc([N+](=O)[O-])s1. The van der Waals surface area contributed by atoms with Crippen molar-refractivity contribution in [3.63, 3.8) is 0 Å². The Bertz CT molecular complexity index is 275. The van der Waals surface area contributed by atoms with Crippen molar-refractivity contribution in [1.29, 1.82) is 0 Å². The molecule has 0 saturated heterocycles. The van der Waals surface area contributed by atoms with Gasteiger partial charge in [0, 0.05) is 6.54 Å². The number of rotatable bonds is 4. The summed E-state index contributed by atoms with van der Waals surface area (Å²) in [4.78, 5) is 13.4. The van der Waals surface area contributed by atoms with Gasteiger partial charge in [-0.3, -0.25) is 10.1 Å². The average molecular weight is 189 g/mol. The van der Waals surface area contributed by atoms with Gasteiger partial charge in [-0.05, 0) is 11.3 Å². The van der Waals surface area contributed by atoms with Gasteiger partial charge >= 0.3 is 5.00 Å². The zero-order valence-corrected chi connectivity index (χ0v) is 6.91. The van der Waals surface area contributed by atoms with Crippen LogP contribution >= 0.6 is 11.3 Å². The molecule has 0 unspecified atom stereocenters. The Morgan fingerprint density at radius 2 is 2.58 bits per heavy atom. The van der Waals surface area contributed by atoms with E-state index in [0.29, 0.717) is 13.2 Å². The zero-order valence-electron chi connectivity index (χ0n) is 6.10. The summed E-state index contributed by atoms with van der Waals surface area (Å²) in [6, 6.07) is 0. The molecule has 0 amide bonds. The molecule has 0 saturated carbocycles. The summed E-state index contributed by atoms with van der Waals surface area (Å²) in [5.74, 6) is 0. The summed E-state index contributed by atoms with van der Waals surface area (Å²) < 4.78 is 4.96. The summed E-state index contributed by atoms with van der Waals surface area (Å²) >= 11 is 0.893. The zero-order chi connectivity index (χ0) is 8.97. The molecule has 0 fully saturated rings. The minimum atomic E-state index is -0.507. The Morgan fingerprint density at radius 1 is 1.83 bits per heavy atom. The van der Waals surface area contributed by atoms with Crippen LogP contribution in [0.2, 0.25) is 0 Å². The number of hydrogen-bond donors (Lipinski definition) is 1. The van der Waals surface area contributed by atoms with Crippen LogP contribution in [0, 0.1) is 10.1 Å². The molecule has 1 heterocycles. The van der Waals surface area contributed by atoms with Crippen LogP contribution in [0.1, 0.15) is 0 Å². The van der Waals surface area contributed by atoms with Crippen LogP contribution in [0.5, 0.6) is 5.19 Å². The van der Waals surface area contributed by atoms with Crippen LogP contribution < -0.4 is 10.5 Å². The molecule has 1 aromatic rings. The molecule has 1 rings (SSSR count). The van der Waals surface area contributed by atoms with Crippen LogP contribution in [-0.4, -0.2) is 23.1 Å². The Labute approximate surface area is 72.1 Å². The maximum atomic E-state index is 10.2. The molecule has 0 spiro atoms. The summed E-state index contributed by atoms with van der Waals surface area (Å²) in [6.07, 6.45) is 1.16. The predicted molar refractivity (Wildman–Crippen MR) is 43.3 cm³/mol. The van der Waals surface area contributed by atoms with Crippen molar-refractivity contribution in [2.75, 3.05) is 13.2 Å². The molecule has 7 heteroatoms. The summed E-state index contributed by atoms with van der Waals surface area (Å²) in [5, 5.41) is 10.4. The lowest BCUT2D eigenvalue weighted by Gasteiger charge is -1.95. The van der Waals surface area contributed by atoms with Gasteiger partial charge < -0.3 is 10.5 Å². The molecule has 1 aromatic heterocycles. The molecule has 0 radical (unpaired) electrons. The Kier molecular flexibility index (Phi) is 2.94. The average Bonchev–Trinajstić information content (AvgIpc) is 2.48. The first-order valence-corrected chi connectivity index (χ1v) is 3.99. The molecule has 0 aliphatic carbocycles. The standard InChI is InChI=1S/C5H7N3O3S/c6-1-2-11-5-7-3-4(12-5)8(9)10/h3H,1-2,6H2. The minimum Gasteiger partial charge on any atom is -0.469 e. The van der Waals surface area contributed by atoms with Crippen LogP contribution in [-0.2, 0) is 0 Å². The maximum absolute atomic E-state index is 10.2. The smallest absolute Gasteiger partial charge is 0.347 e. The van der Waals surface area contributed by atoms with Gasteiger partial charge in [0.25, 0.3) is 5.19 Å². The Balaban J connectivity index is 2.58. The van der Waals surface area contributed by atoms with E-state index in [1.807, 2.05) is 0 Å².